The van der Waals surface area contributed by atoms with Gasteiger partial charge in [0.1, 0.15) is 10.8 Å². The van der Waals surface area contributed by atoms with Gasteiger partial charge in [0.2, 0.25) is 0 Å². The molecule has 1 aromatic rings. The van der Waals surface area contributed by atoms with Gasteiger partial charge in [0, 0.05) is 25.3 Å². The monoisotopic (exact) mass is 215 g/mol. The van der Waals surface area contributed by atoms with Crippen LogP contribution in [0.2, 0.25) is 0 Å². The fourth-order valence-corrected chi connectivity index (χ4v) is 1.90. The zero-order chi connectivity index (χ0) is 10.6. The Kier molecular flexibility index (Phi) is 4.16. The Balaban J connectivity index is 2.47. The van der Waals surface area contributed by atoms with Crippen molar-refractivity contribution in [3.63, 3.8) is 0 Å². The van der Waals surface area contributed by atoms with E-state index in [1.807, 2.05) is 6.92 Å². The molecule has 0 saturated heterocycles. The van der Waals surface area contributed by atoms with Crippen LogP contribution < -0.4 is 11.1 Å². The Morgan fingerprint density at radius 2 is 2.36 bits per heavy atom. The molecule has 1 heterocycles. The fourth-order valence-electron chi connectivity index (χ4n) is 1.07. The molecule has 0 bridgehead atoms. The predicted molar refractivity (Wildman–Crippen MR) is 60.8 cm³/mol. The van der Waals surface area contributed by atoms with Crippen molar-refractivity contribution in [2.45, 2.75) is 26.3 Å². The highest BCUT2D eigenvalue weighted by Crippen LogP contribution is 2.26. The Labute approximate surface area is 88.6 Å². The van der Waals surface area contributed by atoms with Crippen LogP contribution in [0.15, 0.2) is 0 Å². The number of hydrogen-bond acceptors (Lipinski definition) is 5. The zero-order valence-electron chi connectivity index (χ0n) is 8.83. The third-order valence-corrected chi connectivity index (χ3v) is 2.99. The van der Waals surface area contributed by atoms with E-state index in [0.717, 1.165) is 23.6 Å². The summed E-state index contributed by atoms with van der Waals surface area (Å²) < 4.78 is 9.08. The lowest BCUT2D eigenvalue weighted by Gasteiger charge is -2.13. The first kappa shape index (κ1) is 11.3. The summed E-state index contributed by atoms with van der Waals surface area (Å²) in [5.74, 6) is 0.622. The molecule has 1 rings (SSSR count). The van der Waals surface area contributed by atoms with Crippen LogP contribution in [0.1, 0.15) is 18.9 Å². The van der Waals surface area contributed by atoms with Gasteiger partial charge in [-0.25, -0.2) is 0 Å². The van der Waals surface area contributed by atoms with Gasteiger partial charge in [0.05, 0.1) is 0 Å². The second-order valence-electron chi connectivity index (χ2n) is 3.35. The number of methoxy groups -OCH3 is 1. The number of hydrogen-bond donors (Lipinski definition) is 2. The van der Waals surface area contributed by atoms with E-state index < -0.39 is 0 Å². The van der Waals surface area contributed by atoms with Crippen molar-refractivity contribution in [2.24, 2.45) is 0 Å². The molecule has 0 aliphatic heterocycles. The summed E-state index contributed by atoms with van der Waals surface area (Å²) in [7, 11) is 1.71. The summed E-state index contributed by atoms with van der Waals surface area (Å²) in [6, 6.07) is 0.383. The lowest BCUT2D eigenvalue weighted by molar-refractivity contribution is 0.191. The van der Waals surface area contributed by atoms with Gasteiger partial charge in [-0.15, -0.1) is 0 Å². The lowest BCUT2D eigenvalue weighted by Crippen LogP contribution is -2.16. The Hall–Kier alpha value is -0.810. The zero-order valence-corrected chi connectivity index (χ0v) is 9.65. The van der Waals surface area contributed by atoms with E-state index in [4.69, 9.17) is 10.5 Å². The van der Waals surface area contributed by atoms with Crippen LogP contribution >= 0.6 is 11.5 Å². The molecule has 4 nitrogen and oxygen atoms in total. The average Bonchev–Trinajstić information content (AvgIpc) is 2.46. The number of rotatable bonds is 5. The third-order valence-electron chi connectivity index (χ3n) is 2.09. The van der Waals surface area contributed by atoms with E-state index in [-0.39, 0.29) is 0 Å². The number of nitrogen functional groups attached to an aromatic ring is 1. The van der Waals surface area contributed by atoms with Crippen LogP contribution in [0.25, 0.3) is 0 Å². The maximum atomic E-state index is 5.65. The van der Waals surface area contributed by atoms with Crippen LogP contribution in [0.4, 0.5) is 10.8 Å². The van der Waals surface area contributed by atoms with Gasteiger partial charge in [-0.3, -0.25) is 0 Å². The normalized spacial score (nSPS) is 12.8. The summed E-state index contributed by atoms with van der Waals surface area (Å²) in [5, 5.41) is 4.42. The summed E-state index contributed by atoms with van der Waals surface area (Å²) in [5.41, 5.74) is 6.69. The number of ether oxygens (including phenoxy) is 1. The lowest BCUT2D eigenvalue weighted by atomic mass is 10.2. The molecule has 0 amide bonds. The molecule has 0 fully saturated rings. The van der Waals surface area contributed by atoms with Gasteiger partial charge in [0.15, 0.2) is 0 Å². The predicted octanol–water partition coefficient (Wildman–Crippen LogP) is 1.87. The van der Waals surface area contributed by atoms with Gasteiger partial charge < -0.3 is 15.8 Å². The second-order valence-corrected chi connectivity index (χ2v) is 4.12. The van der Waals surface area contributed by atoms with Crippen molar-refractivity contribution in [3.8, 4) is 0 Å². The Morgan fingerprint density at radius 1 is 1.64 bits per heavy atom. The third kappa shape index (κ3) is 2.85. The van der Waals surface area contributed by atoms with Crippen molar-refractivity contribution in [3.05, 3.63) is 5.56 Å². The molecule has 5 heteroatoms. The summed E-state index contributed by atoms with van der Waals surface area (Å²) in [6.07, 6.45) is 0.980. The van der Waals surface area contributed by atoms with Crippen molar-refractivity contribution in [2.75, 3.05) is 24.8 Å². The molecule has 0 spiro atoms. The van der Waals surface area contributed by atoms with E-state index >= 15 is 0 Å². The maximum absolute atomic E-state index is 5.65. The van der Waals surface area contributed by atoms with E-state index in [1.54, 1.807) is 7.11 Å². The largest absolute Gasteiger partial charge is 0.385 e. The average molecular weight is 215 g/mol. The molecule has 0 aromatic carbocycles. The molecule has 14 heavy (non-hydrogen) atoms. The van der Waals surface area contributed by atoms with E-state index in [2.05, 4.69) is 16.6 Å². The number of nitrogens with two attached hydrogens (primary N) is 1. The standard InChI is InChI=1S/C9H17N3OS/c1-6(4-5-13-3)11-9-7(2)8(10)12-14-9/h6,11H,4-5H2,1-3H3,(H2,10,12). The first-order valence-corrected chi connectivity index (χ1v) is 5.39. The smallest absolute Gasteiger partial charge is 0.142 e. The van der Waals surface area contributed by atoms with Gasteiger partial charge in [0.25, 0.3) is 0 Å². The van der Waals surface area contributed by atoms with Crippen LogP contribution in [0, 0.1) is 6.92 Å². The van der Waals surface area contributed by atoms with Crippen molar-refractivity contribution >= 4 is 22.4 Å². The highest BCUT2D eigenvalue weighted by atomic mass is 32.1. The van der Waals surface area contributed by atoms with Gasteiger partial charge in [-0.2, -0.15) is 4.37 Å². The summed E-state index contributed by atoms with van der Waals surface area (Å²) >= 11 is 1.41. The van der Waals surface area contributed by atoms with Gasteiger partial charge >= 0.3 is 0 Å². The minimum Gasteiger partial charge on any atom is -0.385 e. The molecule has 1 aromatic heterocycles. The molecule has 0 aliphatic rings. The first-order valence-electron chi connectivity index (χ1n) is 4.62. The molecule has 1 unspecified atom stereocenters. The first-order chi connectivity index (χ1) is 6.65. The quantitative estimate of drug-likeness (QED) is 0.787. The fraction of sp³-hybridized carbons (Fsp3) is 0.667. The number of nitrogens with one attached hydrogen (secondary N) is 1. The highest BCUT2D eigenvalue weighted by molar-refractivity contribution is 7.10. The van der Waals surface area contributed by atoms with Crippen LogP contribution in [0.5, 0.6) is 0 Å². The molecule has 3 N–H and O–H groups in total. The maximum Gasteiger partial charge on any atom is 0.142 e. The topological polar surface area (TPSA) is 60.2 Å². The SMILES string of the molecule is COCCC(C)Nc1snc(N)c1C. The Morgan fingerprint density at radius 3 is 2.86 bits per heavy atom. The van der Waals surface area contributed by atoms with Crippen molar-refractivity contribution in [1.82, 2.24) is 4.37 Å². The molecule has 0 aliphatic carbocycles. The second kappa shape index (κ2) is 5.17. The summed E-state index contributed by atoms with van der Waals surface area (Å²) in [6.45, 7) is 4.86. The van der Waals surface area contributed by atoms with Crippen LogP contribution in [-0.4, -0.2) is 24.1 Å². The molecule has 0 saturated carbocycles. The minimum absolute atomic E-state index is 0.383. The molecule has 80 valence electrons. The van der Waals surface area contributed by atoms with Crippen LogP contribution in [-0.2, 0) is 4.74 Å². The van der Waals surface area contributed by atoms with Gasteiger partial charge in [-0.05, 0) is 31.8 Å². The molecular formula is C9H17N3OS. The highest BCUT2D eigenvalue weighted by Gasteiger charge is 2.09. The van der Waals surface area contributed by atoms with E-state index in [1.165, 1.54) is 11.5 Å². The Bertz CT molecular complexity index is 288. The van der Waals surface area contributed by atoms with Gasteiger partial charge in [-0.1, -0.05) is 0 Å². The number of nitrogens with zero attached hydrogens (tertiary/aromatic N) is 1. The van der Waals surface area contributed by atoms with Crippen molar-refractivity contribution < 1.29 is 4.74 Å². The van der Waals surface area contributed by atoms with E-state index in [0.29, 0.717) is 11.9 Å². The molecule has 0 radical (unpaired) electrons. The van der Waals surface area contributed by atoms with E-state index in [9.17, 15) is 0 Å². The number of anilines is 2. The summed E-state index contributed by atoms with van der Waals surface area (Å²) in [4.78, 5) is 0. The minimum atomic E-state index is 0.383. The molecular weight excluding hydrogens is 198 g/mol. The van der Waals surface area contributed by atoms with Crippen molar-refractivity contribution in [1.29, 1.82) is 0 Å². The van der Waals surface area contributed by atoms with Crippen LogP contribution in [0.3, 0.4) is 0 Å². The molecule has 1 atom stereocenters. The number of aromatic nitrogens is 1.